The van der Waals surface area contributed by atoms with Crippen molar-refractivity contribution in [2.75, 3.05) is 0 Å². The van der Waals surface area contributed by atoms with Crippen LogP contribution in [0.1, 0.15) is 97.3 Å². The first-order chi connectivity index (χ1) is 10.4. The molecule has 0 saturated heterocycles. The van der Waals surface area contributed by atoms with Crippen molar-refractivity contribution >= 4 is 6.34 Å². The maximum Gasteiger partial charge on any atom is 0.128 e. The molecule has 0 aromatic carbocycles. The van der Waals surface area contributed by atoms with E-state index in [9.17, 15) is 0 Å². The van der Waals surface area contributed by atoms with Gasteiger partial charge < -0.3 is 0 Å². The van der Waals surface area contributed by atoms with Crippen LogP contribution in [0.15, 0.2) is 5.10 Å². The molecule has 1 heterocycles. The van der Waals surface area contributed by atoms with Crippen LogP contribution in [0.3, 0.4) is 0 Å². The Hall–Kier alpha value is -0.770. The van der Waals surface area contributed by atoms with Crippen LogP contribution in [0.5, 0.6) is 0 Å². The Kier molecular flexibility index (Phi) is 11.3. The molecular formula is C17H36N4. The molecule has 1 rings (SSSR count). The zero-order valence-electron chi connectivity index (χ0n) is 14.2. The summed E-state index contributed by atoms with van der Waals surface area (Å²) in [6.07, 6.45) is 19.8. The quantitative estimate of drug-likeness (QED) is 0.455. The summed E-state index contributed by atoms with van der Waals surface area (Å²) in [5, 5.41) is 6.07. The van der Waals surface area contributed by atoms with Gasteiger partial charge in [0.2, 0.25) is 0 Å². The Morgan fingerprint density at radius 2 is 1.43 bits per heavy atom. The molecule has 0 saturated carbocycles. The molecule has 1 aliphatic heterocycles. The molecule has 4 heteroatoms. The smallest absolute Gasteiger partial charge is 0.128 e. The molecule has 0 aromatic rings. The van der Waals surface area contributed by atoms with Crippen LogP contribution in [0.4, 0.5) is 0 Å². The van der Waals surface area contributed by atoms with Crippen LogP contribution < -0.4 is 11.1 Å². The largest absolute Gasteiger partial charge is 0.275 e. The summed E-state index contributed by atoms with van der Waals surface area (Å²) in [6.45, 7) is 4.53. The Morgan fingerprint density at radius 1 is 0.857 bits per heavy atom. The molecule has 0 aromatic heterocycles. The third-order valence-electron chi connectivity index (χ3n) is 4.43. The second kappa shape index (κ2) is 12.9. The predicted octanol–water partition coefficient (Wildman–Crippen LogP) is 4.73. The molecule has 4 nitrogen and oxygen atoms in total. The van der Waals surface area contributed by atoms with Gasteiger partial charge in [0.1, 0.15) is 6.34 Å². The fraction of sp³-hybridized carbons (Fsp3) is 0.941. The number of hydrogen-bond donors (Lipinski definition) is 2. The van der Waals surface area contributed by atoms with E-state index in [1.54, 1.807) is 0 Å². The van der Waals surface area contributed by atoms with E-state index in [1.165, 1.54) is 83.5 Å². The number of hydrazone groups is 1. The molecule has 2 N–H and O–H groups in total. The highest BCUT2D eigenvalue weighted by Gasteiger charge is 2.15. The van der Waals surface area contributed by atoms with E-state index in [0.717, 1.165) is 0 Å². The minimum Gasteiger partial charge on any atom is -0.275 e. The van der Waals surface area contributed by atoms with E-state index in [4.69, 9.17) is 0 Å². The molecule has 0 fully saturated rings. The van der Waals surface area contributed by atoms with E-state index in [-0.39, 0.29) is 0 Å². The van der Waals surface area contributed by atoms with Gasteiger partial charge in [-0.1, -0.05) is 84.5 Å². The third-order valence-corrected chi connectivity index (χ3v) is 4.43. The summed E-state index contributed by atoms with van der Waals surface area (Å²) < 4.78 is 0. The van der Waals surface area contributed by atoms with Crippen molar-refractivity contribution in [1.29, 1.82) is 0 Å². The van der Waals surface area contributed by atoms with Crippen molar-refractivity contribution in [2.24, 2.45) is 5.10 Å². The molecule has 1 unspecified atom stereocenters. The Labute approximate surface area is 131 Å². The summed E-state index contributed by atoms with van der Waals surface area (Å²) in [4.78, 5) is 0. The highest BCUT2D eigenvalue weighted by atomic mass is 15.8. The summed E-state index contributed by atoms with van der Waals surface area (Å²) >= 11 is 0. The summed E-state index contributed by atoms with van der Waals surface area (Å²) in [5.74, 6) is 0. The SMILES string of the molecule is CCCCCCCCCCCCCC(CC)N1C=NNN1. The lowest BCUT2D eigenvalue weighted by Crippen LogP contribution is -2.44. The fourth-order valence-corrected chi connectivity index (χ4v) is 2.98. The third kappa shape index (κ3) is 8.97. The van der Waals surface area contributed by atoms with Gasteiger partial charge in [-0.3, -0.25) is 5.01 Å². The van der Waals surface area contributed by atoms with Crippen molar-refractivity contribution in [1.82, 2.24) is 16.1 Å². The van der Waals surface area contributed by atoms with E-state index in [2.05, 4.69) is 35.0 Å². The average Bonchev–Trinajstić information content (AvgIpc) is 3.03. The molecule has 0 radical (unpaired) electrons. The Morgan fingerprint density at radius 3 is 1.90 bits per heavy atom. The Balaban J connectivity index is 1.84. The lowest BCUT2D eigenvalue weighted by molar-refractivity contribution is 0.207. The highest BCUT2D eigenvalue weighted by molar-refractivity contribution is 5.55. The lowest BCUT2D eigenvalue weighted by Gasteiger charge is -2.24. The molecule has 0 amide bonds. The van der Waals surface area contributed by atoms with Crippen molar-refractivity contribution in [3.05, 3.63) is 0 Å². The van der Waals surface area contributed by atoms with Crippen LogP contribution in [0.25, 0.3) is 0 Å². The minimum absolute atomic E-state index is 0.572. The molecular weight excluding hydrogens is 260 g/mol. The van der Waals surface area contributed by atoms with Crippen molar-refractivity contribution < 1.29 is 0 Å². The second-order valence-corrected chi connectivity index (χ2v) is 6.26. The Bertz CT molecular complexity index is 255. The van der Waals surface area contributed by atoms with Gasteiger partial charge in [0.05, 0.1) is 0 Å². The van der Waals surface area contributed by atoms with Gasteiger partial charge in [0, 0.05) is 6.04 Å². The van der Waals surface area contributed by atoms with Crippen LogP contribution in [0.2, 0.25) is 0 Å². The topological polar surface area (TPSA) is 39.7 Å². The zero-order valence-corrected chi connectivity index (χ0v) is 14.2. The predicted molar refractivity (Wildman–Crippen MR) is 91.8 cm³/mol. The van der Waals surface area contributed by atoms with Crippen molar-refractivity contribution in [3.63, 3.8) is 0 Å². The van der Waals surface area contributed by atoms with E-state index < -0.39 is 0 Å². The van der Waals surface area contributed by atoms with Gasteiger partial charge in [-0.15, -0.1) is 5.53 Å². The second-order valence-electron chi connectivity index (χ2n) is 6.26. The minimum atomic E-state index is 0.572. The summed E-state index contributed by atoms with van der Waals surface area (Å²) in [7, 11) is 0. The standard InChI is InChI=1S/C17H36N4/c1-3-5-6-7-8-9-10-11-12-13-14-15-17(4-2)21-16-18-19-20-21/h16-17,19-20H,3-15H2,1-2H3. The lowest BCUT2D eigenvalue weighted by atomic mass is 10.0. The molecule has 0 spiro atoms. The molecule has 21 heavy (non-hydrogen) atoms. The summed E-state index contributed by atoms with van der Waals surface area (Å²) in [5.41, 5.74) is 5.83. The normalized spacial score (nSPS) is 15.4. The average molecular weight is 297 g/mol. The van der Waals surface area contributed by atoms with Gasteiger partial charge in [0.15, 0.2) is 0 Å². The maximum absolute atomic E-state index is 3.98. The first kappa shape index (κ1) is 18.3. The zero-order chi connectivity index (χ0) is 15.2. The maximum atomic E-state index is 3.98. The van der Waals surface area contributed by atoms with Gasteiger partial charge in [-0.2, -0.15) is 5.10 Å². The van der Waals surface area contributed by atoms with Crippen LogP contribution in [0, 0.1) is 0 Å². The fourth-order valence-electron chi connectivity index (χ4n) is 2.98. The van der Waals surface area contributed by atoms with E-state index in [1.807, 2.05) is 6.34 Å². The number of hydrazine groups is 2. The van der Waals surface area contributed by atoms with Crippen LogP contribution >= 0.6 is 0 Å². The van der Waals surface area contributed by atoms with Crippen LogP contribution in [-0.2, 0) is 0 Å². The first-order valence-corrected chi connectivity index (χ1v) is 9.20. The molecule has 0 bridgehead atoms. The van der Waals surface area contributed by atoms with E-state index in [0.29, 0.717) is 6.04 Å². The molecule has 1 aliphatic rings. The van der Waals surface area contributed by atoms with Gasteiger partial charge in [-0.05, 0) is 12.8 Å². The van der Waals surface area contributed by atoms with Gasteiger partial charge in [-0.25, -0.2) is 5.53 Å². The number of nitrogens with zero attached hydrogens (tertiary/aromatic N) is 2. The summed E-state index contributed by atoms with van der Waals surface area (Å²) in [6, 6.07) is 0.572. The van der Waals surface area contributed by atoms with Crippen LogP contribution in [-0.4, -0.2) is 17.4 Å². The number of unbranched alkanes of at least 4 members (excludes halogenated alkanes) is 10. The first-order valence-electron chi connectivity index (χ1n) is 9.20. The number of nitrogens with one attached hydrogen (secondary N) is 2. The van der Waals surface area contributed by atoms with Crippen molar-refractivity contribution in [3.8, 4) is 0 Å². The molecule has 1 atom stereocenters. The van der Waals surface area contributed by atoms with Crippen molar-refractivity contribution in [2.45, 2.75) is 103 Å². The monoisotopic (exact) mass is 296 g/mol. The molecule has 0 aliphatic carbocycles. The highest BCUT2D eigenvalue weighted by Crippen LogP contribution is 2.15. The van der Waals surface area contributed by atoms with Gasteiger partial charge in [0.25, 0.3) is 0 Å². The number of rotatable bonds is 14. The molecule has 124 valence electrons. The number of hydrogen-bond acceptors (Lipinski definition) is 4. The van der Waals surface area contributed by atoms with Gasteiger partial charge >= 0.3 is 0 Å². The van der Waals surface area contributed by atoms with E-state index >= 15 is 0 Å².